The molecule has 0 N–H and O–H groups in total. The molecule has 1 heterocycles. The smallest absolute Gasteiger partial charge is 0.410 e. The van der Waals surface area contributed by atoms with Crippen molar-refractivity contribution in [3.8, 4) is 11.5 Å². The molecule has 2 aromatic rings. The van der Waals surface area contributed by atoms with Gasteiger partial charge in [0.25, 0.3) is 0 Å². The van der Waals surface area contributed by atoms with Gasteiger partial charge in [-0.1, -0.05) is 30.3 Å². The van der Waals surface area contributed by atoms with Crippen LogP contribution in [0.15, 0.2) is 42.5 Å². The summed E-state index contributed by atoms with van der Waals surface area (Å²) in [7, 11) is 2.97. The van der Waals surface area contributed by atoms with E-state index in [0.29, 0.717) is 49.2 Å². The van der Waals surface area contributed by atoms with Gasteiger partial charge in [0.2, 0.25) is 0 Å². The summed E-state index contributed by atoms with van der Waals surface area (Å²) in [6, 6.07) is 12.9. The Morgan fingerprint density at radius 2 is 1.85 bits per heavy atom. The molecule has 1 aliphatic heterocycles. The number of piperidine rings is 1. The Bertz CT molecular complexity index is 961. The molecule has 0 spiro atoms. The molecule has 1 fully saturated rings. The lowest BCUT2D eigenvalue weighted by Gasteiger charge is -2.30. The van der Waals surface area contributed by atoms with E-state index in [2.05, 4.69) is 0 Å². The van der Waals surface area contributed by atoms with Crippen molar-refractivity contribution >= 4 is 18.3 Å². The van der Waals surface area contributed by atoms with Crippen molar-refractivity contribution in [2.24, 2.45) is 5.92 Å². The van der Waals surface area contributed by atoms with Crippen LogP contribution in [0.2, 0.25) is 0 Å². The molecule has 8 nitrogen and oxygen atoms in total. The van der Waals surface area contributed by atoms with Crippen LogP contribution in [-0.4, -0.2) is 57.2 Å². The summed E-state index contributed by atoms with van der Waals surface area (Å²) in [5.74, 6) is 0.0840. The van der Waals surface area contributed by atoms with E-state index in [1.54, 1.807) is 17.0 Å². The molecule has 3 rings (SSSR count). The highest BCUT2D eigenvalue weighted by Crippen LogP contribution is 2.31. The number of carbonyl (C=O) groups is 3. The normalized spacial score (nSPS) is 15.5. The number of amides is 1. The molecule has 0 radical (unpaired) electrons. The van der Waals surface area contributed by atoms with E-state index >= 15 is 0 Å². The number of methoxy groups -OCH3 is 2. The van der Waals surface area contributed by atoms with Crippen LogP contribution in [0.3, 0.4) is 0 Å². The Hall–Kier alpha value is -3.55. The molecule has 0 saturated carbocycles. The summed E-state index contributed by atoms with van der Waals surface area (Å²) in [5, 5.41) is 0. The highest BCUT2D eigenvalue weighted by Gasteiger charge is 2.30. The van der Waals surface area contributed by atoms with Crippen LogP contribution in [0.1, 0.15) is 34.3 Å². The summed E-state index contributed by atoms with van der Waals surface area (Å²) < 4.78 is 21.4. The number of nitrogens with zero attached hydrogens (tertiary/aromatic N) is 1. The maximum absolute atomic E-state index is 12.6. The molecule has 1 atom stereocenters. The minimum absolute atomic E-state index is 0.154. The van der Waals surface area contributed by atoms with Crippen molar-refractivity contribution in [2.45, 2.75) is 25.9 Å². The zero-order valence-corrected chi connectivity index (χ0v) is 19.0. The van der Waals surface area contributed by atoms with Gasteiger partial charge < -0.3 is 23.8 Å². The van der Waals surface area contributed by atoms with Crippen LogP contribution in [0.25, 0.3) is 0 Å². The van der Waals surface area contributed by atoms with Gasteiger partial charge in [-0.3, -0.25) is 9.59 Å². The summed E-state index contributed by atoms with van der Waals surface area (Å²) in [5.41, 5.74) is 2.07. The lowest BCUT2D eigenvalue weighted by molar-refractivity contribution is -0.150. The standard InChI is InChI=1S/C25H29NO7/c1-30-22-14-19(13-21(16-27)23(22)31-2)10-12-32-24(28)20-9-6-11-26(15-20)25(29)33-17-18-7-4-3-5-8-18/h3-5,7-8,13-14,16,20H,6,9-12,15,17H2,1-2H3/t20-/m1/s1. The molecular formula is C25H29NO7. The molecule has 1 aliphatic rings. The fourth-order valence-electron chi connectivity index (χ4n) is 3.82. The van der Waals surface area contributed by atoms with E-state index in [1.165, 1.54) is 14.2 Å². The van der Waals surface area contributed by atoms with Gasteiger partial charge in [0.1, 0.15) is 6.61 Å². The Balaban J connectivity index is 1.49. The first-order chi connectivity index (χ1) is 16.0. The third-order valence-corrected chi connectivity index (χ3v) is 5.55. The predicted octanol–water partition coefficient (Wildman–Crippen LogP) is 3.65. The number of hydrogen-bond acceptors (Lipinski definition) is 7. The predicted molar refractivity (Wildman–Crippen MR) is 121 cm³/mol. The van der Waals surface area contributed by atoms with Gasteiger partial charge >= 0.3 is 12.1 Å². The van der Waals surface area contributed by atoms with Crippen LogP contribution in [0.5, 0.6) is 11.5 Å². The van der Waals surface area contributed by atoms with E-state index in [9.17, 15) is 14.4 Å². The molecule has 176 valence electrons. The number of carbonyl (C=O) groups excluding carboxylic acids is 3. The van der Waals surface area contributed by atoms with Gasteiger partial charge in [-0.05, 0) is 36.1 Å². The third-order valence-electron chi connectivity index (χ3n) is 5.55. The quantitative estimate of drug-likeness (QED) is 0.421. The zero-order valence-electron chi connectivity index (χ0n) is 19.0. The van der Waals surface area contributed by atoms with Crippen molar-refractivity contribution in [1.82, 2.24) is 4.90 Å². The first-order valence-corrected chi connectivity index (χ1v) is 10.9. The number of benzene rings is 2. The van der Waals surface area contributed by atoms with Crippen LogP contribution in [0, 0.1) is 5.92 Å². The largest absolute Gasteiger partial charge is 0.493 e. The molecule has 1 amide bonds. The lowest BCUT2D eigenvalue weighted by Crippen LogP contribution is -2.43. The average Bonchev–Trinajstić information content (AvgIpc) is 2.87. The number of likely N-dealkylation sites (tertiary alicyclic amines) is 1. The Morgan fingerprint density at radius 3 is 2.55 bits per heavy atom. The van der Waals surface area contributed by atoms with Crippen LogP contribution >= 0.6 is 0 Å². The summed E-state index contributed by atoms with van der Waals surface area (Å²) in [6.45, 7) is 1.18. The summed E-state index contributed by atoms with van der Waals surface area (Å²) >= 11 is 0. The van der Waals surface area contributed by atoms with Gasteiger partial charge in [-0.25, -0.2) is 4.79 Å². The molecule has 0 unspecified atom stereocenters. The summed E-state index contributed by atoms with van der Waals surface area (Å²) in [4.78, 5) is 37.9. The first-order valence-electron chi connectivity index (χ1n) is 10.9. The van der Waals surface area contributed by atoms with Crippen molar-refractivity contribution < 1.29 is 33.3 Å². The maximum Gasteiger partial charge on any atom is 0.410 e. The molecular weight excluding hydrogens is 426 g/mol. The second-order valence-corrected chi connectivity index (χ2v) is 7.78. The maximum atomic E-state index is 12.6. The van der Waals surface area contributed by atoms with Gasteiger partial charge in [0.15, 0.2) is 17.8 Å². The van der Waals surface area contributed by atoms with Gasteiger partial charge in [0, 0.05) is 19.5 Å². The monoisotopic (exact) mass is 455 g/mol. The third kappa shape index (κ3) is 6.47. The van der Waals surface area contributed by atoms with E-state index < -0.39 is 6.09 Å². The molecule has 0 bridgehead atoms. The lowest BCUT2D eigenvalue weighted by atomic mass is 9.98. The van der Waals surface area contributed by atoms with Crippen molar-refractivity contribution in [3.05, 3.63) is 59.2 Å². The molecule has 2 aromatic carbocycles. The van der Waals surface area contributed by atoms with Crippen LogP contribution < -0.4 is 9.47 Å². The van der Waals surface area contributed by atoms with Crippen molar-refractivity contribution in [3.63, 3.8) is 0 Å². The number of ether oxygens (including phenoxy) is 4. The van der Waals surface area contributed by atoms with Crippen molar-refractivity contribution in [2.75, 3.05) is 33.9 Å². The van der Waals surface area contributed by atoms with E-state index in [4.69, 9.17) is 18.9 Å². The second kappa shape index (κ2) is 11.9. The Kier molecular flexibility index (Phi) is 8.69. The Labute approximate surface area is 193 Å². The highest BCUT2D eigenvalue weighted by molar-refractivity contribution is 5.81. The molecule has 8 heteroatoms. The highest BCUT2D eigenvalue weighted by atomic mass is 16.6. The SMILES string of the molecule is COc1cc(CCOC(=O)[C@@H]2CCCN(C(=O)OCc3ccccc3)C2)cc(C=O)c1OC. The van der Waals surface area contributed by atoms with E-state index in [1.807, 2.05) is 30.3 Å². The van der Waals surface area contributed by atoms with Crippen molar-refractivity contribution in [1.29, 1.82) is 0 Å². The molecule has 33 heavy (non-hydrogen) atoms. The minimum atomic E-state index is -0.428. The van der Waals surface area contributed by atoms with Crippen LogP contribution in [-0.2, 0) is 27.3 Å². The van der Waals surface area contributed by atoms with Gasteiger partial charge in [-0.15, -0.1) is 0 Å². The van der Waals surface area contributed by atoms with Gasteiger partial charge in [0.05, 0.1) is 32.3 Å². The number of rotatable bonds is 9. The number of hydrogen-bond donors (Lipinski definition) is 0. The van der Waals surface area contributed by atoms with Crippen LogP contribution in [0.4, 0.5) is 4.79 Å². The molecule has 1 saturated heterocycles. The van der Waals surface area contributed by atoms with Gasteiger partial charge in [-0.2, -0.15) is 0 Å². The molecule has 0 aromatic heterocycles. The summed E-state index contributed by atoms with van der Waals surface area (Å²) in [6.07, 6.45) is 2.06. The fourth-order valence-corrected chi connectivity index (χ4v) is 3.82. The van der Waals surface area contributed by atoms with E-state index in [0.717, 1.165) is 11.1 Å². The Morgan fingerprint density at radius 1 is 1.06 bits per heavy atom. The fraction of sp³-hybridized carbons (Fsp3) is 0.400. The number of esters is 1. The first kappa shape index (κ1) is 24.1. The zero-order chi connectivity index (χ0) is 23.6. The average molecular weight is 456 g/mol. The topological polar surface area (TPSA) is 91.4 Å². The van der Waals surface area contributed by atoms with E-state index in [-0.39, 0.29) is 31.6 Å². The minimum Gasteiger partial charge on any atom is -0.493 e. The second-order valence-electron chi connectivity index (χ2n) is 7.78. The molecule has 0 aliphatic carbocycles. The number of aldehydes is 1.